The van der Waals surface area contributed by atoms with Crippen LogP contribution in [0.1, 0.15) is 44.9 Å². The van der Waals surface area contributed by atoms with Crippen molar-refractivity contribution in [3.8, 4) is 0 Å². The number of hydrogen-bond acceptors (Lipinski definition) is 2. The van der Waals surface area contributed by atoms with Crippen LogP contribution in [0.25, 0.3) is 0 Å². The zero-order chi connectivity index (χ0) is 13.9. The summed E-state index contributed by atoms with van der Waals surface area (Å²) < 4.78 is 0. The predicted molar refractivity (Wildman–Crippen MR) is 95.0 cm³/mol. The van der Waals surface area contributed by atoms with Gasteiger partial charge < -0.3 is 15.5 Å². The number of carbonyl (C=O) groups excluding carboxylic acids is 1. The van der Waals surface area contributed by atoms with Crippen molar-refractivity contribution >= 4 is 35.8 Å². The van der Waals surface area contributed by atoms with Crippen molar-refractivity contribution in [2.45, 2.75) is 57.0 Å². The SMILES string of the molecule is CN=C(NC1CCC1)NC1CCN(C(=O)C2CC2)CC1.I. The number of hydrogen-bond donors (Lipinski definition) is 2. The van der Waals surface area contributed by atoms with Gasteiger partial charge in [-0.1, -0.05) is 0 Å². The summed E-state index contributed by atoms with van der Waals surface area (Å²) in [6.45, 7) is 1.79. The average molecular weight is 406 g/mol. The second kappa shape index (κ2) is 7.65. The van der Waals surface area contributed by atoms with Gasteiger partial charge in [0.25, 0.3) is 0 Å². The van der Waals surface area contributed by atoms with Crippen LogP contribution in [0, 0.1) is 5.92 Å². The number of amides is 1. The second-order valence-corrected chi connectivity index (χ2v) is 6.36. The predicted octanol–water partition coefficient (Wildman–Crippen LogP) is 1.72. The van der Waals surface area contributed by atoms with Crippen LogP contribution in [-0.4, -0.2) is 49.0 Å². The van der Waals surface area contributed by atoms with E-state index in [-0.39, 0.29) is 24.0 Å². The lowest BCUT2D eigenvalue weighted by Crippen LogP contribution is -2.52. The van der Waals surface area contributed by atoms with Crippen LogP contribution >= 0.6 is 24.0 Å². The standard InChI is InChI=1S/C15H26N4O.HI/c1-16-15(17-12-3-2-4-12)18-13-7-9-19(10-8-13)14(20)11-5-6-11;/h11-13H,2-10H2,1H3,(H2,16,17,18);1H. The third kappa shape index (κ3) is 4.47. The first-order valence-electron chi connectivity index (χ1n) is 8.05. The van der Waals surface area contributed by atoms with Gasteiger partial charge in [0.15, 0.2) is 5.96 Å². The van der Waals surface area contributed by atoms with E-state index < -0.39 is 0 Å². The lowest BCUT2D eigenvalue weighted by atomic mass is 9.93. The van der Waals surface area contributed by atoms with Gasteiger partial charge in [-0.05, 0) is 44.9 Å². The number of halogens is 1. The minimum absolute atomic E-state index is 0. The van der Waals surface area contributed by atoms with Crippen LogP contribution in [0.2, 0.25) is 0 Å². The van der Waals surface area contributed by atoms with Gasteiger partial charge in [-0.2, -0.15) is 0 Å². The minimum atomic E-state index is 0. The Morgan fingerprint density at radius 3 is 2.00 bits per heavy atom. The molecule has 2 N–H and O–H groups in total. The van der Waals surface area contributed by atoms with Gasteiger partial charge in [0.1, 0.15) is 0 Å². The number of aliphatic imine (C=N–C) groups is 1. The summed E-state index contributed by atoms with van der Waals surface area (Å²) in [4.78, 5) is 18.4. The molecular formula is C15H27IN4O. The number of guanidine groups is 1. The lowest BCUT2D eigenvalue weighted by molar-refractivity contribution is -0.133. The van der Waals surface area contributed by atoms with Gasteiger partial charge in [-0.25, -0.2) is 0 Å². The zero-order valence-electron chi connectivity index (χ0n) is 12.8. The summed E-state index contributed by atoms with van der Waals surface area (Å²) in [6.07, 6.45) is 8.12. The Morgan fingerprint density at radius 1 is 1.00 bits per heavy atom. The van der Waals surface area contributed by atoms with Crippen molar-refractivity contribution in [3.05, 3.63) is 0 Å². The van der Waals surface area contributed by atoms with Crippen molar-refractivity contribution in [1.29, 1.82) is 0 Å². The molecule has 3 aliphatic rings. The third-order valence-electron chi connectivity index (χ3n) is 4.74. The molecule has 1 heterocycles. The number of rotatable bonds is 3. The molecule has 6 heteroatoms. The van der Waals surface area contributed by atoms with Crippen LogP contribution in [-0.2, 0) is 4.79 Å². The lowest BCUT2D eigenvalue weighted by Gasteiger charge is -2.35. The van der Waals surface area contributed by atoms with Gasteiger partial charge in [0.05, 0.1) is 0 Å². The van der Waals surface area contributed by atoms with E-state index in [0.29, 0.717) is 23.9 Å². The maximum Gasteiger partial charge on any atom is 0.225 e. The van der Waals surface area contributed by atoms with E-state index in [1.165, 1.54) is 19.3 Å². The van der Waals surface area contributed by atoms with Crippen LogP contribution < -0.4 is 10.6 Å². The van der Waals surface area contributed by atoms with E-state index in [4.69, 9.17) is 0 Å². The topological polar surface area (TPSA) is 56.7 Å². The number of carbonyl (C=O) groups is 1. The zero-order valence-corrected chi connectivity index (χ0v) is 15.1. The van der Waals surface area contributed by atoms with Crippen LogP contribution in [0.4, 0.5) is 0 Å². The normalized spacial score (nSPS) is 24.0. The molecule has 0 aromatic rings. The molecule has 0 spiro atoms. The molecule has 0 bridgehead atoms. The molecule has 0 atom stereocenters. The molecule has 5 nitrogen and oxygen atoms in total. The molecule has 2 aliphatic carbocycles. The van der Waals surface area contributed by atoms with Crippen LogP contribution in [0.15, 0.2) is 4.99 Å². The molecule has 3 rings (SSSR count). The van der Waals surface area contributed by atoms with Gasteiger partial charge in [-0.3, -0.25) is 9.79 Å². The van der Waals surface area contributed by atoms with Crippen LogP contribution in [0.5, 0.6) is 0 Å². The van der Waals surface area contributed by atoms with Gasteiger partial charge in [0, 0.05) is 38.1 Å². The Hall–Kier alpha value is -0.530. The summed E-state index contributed by atoms with van der Waals surface area (Å²) in [5, 5.41) is 6.98. The number of nitrogens with zero attached hydrogens (tertiary/aromatic N) is 2. The smallest absolute Gasteiger partial charge is 0.225 e. The molecule has 1 saturated heterocycles. The van der Waals surface area contributed by atoms with E-state index in [2.05, 4.69) is 20.5 Å². The molecule has 3 fully saturated rings. The van der Waals surface area contributed by atoms with Crippen molar-refractivity contribution in [2.24, 2.45) is 10.9 Å². The highest BCUT2D eigenvalue weighted by atomic mass is 127. The Labute approximate surface area is 144 Å². The maximum atomic E-state index is 12.0. The Balaban J connectivity index is 0.00000161. The molecule has 0 aromatic heterocycles. The van der Waals surface area contributed by atoms with Crippen molar-refractivity contribution in [3.63, 3.8) is 0 Å². The van der Waals surface area contributed by atoms with E-state index in [1.807, 2.05) is 7.05 Å². The number of nitrogens with one attached hydrogen (secondary N) is 2. The van der Waals surface area contributed by atoms with Gasteiger partial charge >= 0.3 is 0 Å². The van der Waals surface area contributed by atoms with E-state index >= 15 is 0 Å². The average Bonchev–Trinajstić information content (AvgIpc) is 3.26. The first kappa shape index (κ1) is 16.8. The summed E-state index contributed by atoms with van der Waals surface area (Å²) in [7, 11) is 1.83. The summed E-state index contributed by atoms with van der Waals surface area (Å²) in [6, 6.07) is 1.06. The highest BCUT2D eigenvalue weighted by molar-refractivity contribution is 14.0. The van der Waals surface area contributed by atoms with Crippen LogP contribution in [0.3, 0.4) is 0 Å². The Kier molecular flexibility index (Phi) is 6.13. The van der Waals surface area contributed by atoms with E-state index in [9.17, 15) is 4.79 Å². The summed E-state index contributed by atoms with van der Waals surface area (Å²) in [5.74, 6) is 1.68. The van der Waals surface area contributed by atoms with Crippen molar-refractivity contribution in [1.82, 2.24) is 15.5 Å². The molecule has 0 radical (unpaired) electrons. The van der Waals surface area contributed by atoms with Crippen molar-refractivity contribution < 1.29 is 4.79 Å². The summed E-state index contributed by atoms with van der Waals surface area (Å²) in [5.41, 5.74) is 0. The monoisotopic (exact) mass is 406 g/mol. The minimum Gasteiger partial charge on any atom is -0.354 e. The number of likely N-dealkylation sites (tertiary alicyclic amines) is 1. The Morgan fingerprint density at radius 2 is 1.57 bits per heavy atom. The second-order valence-electron chi connectivity index (χ2n) is 6.36. The largest absolute Gasteiger partial charge is 0.354 e. The first-order valence-corrected chi connectivity index (χ1v) is 8.05. The highest BCUT2D eigenvalue weighted by Crippen LogP contribution is 2.31. The molecule has 21 heavy (non-hydrogen) atoms. The first-order chi connectivity index (χ1) is 9.76. The molecule has 1 amide bonds. The molecule has 1 aliphatic heterocycles. The molecule has 0 aromatic carbocycles. The fourth-order valence-electron chi connectivity index (χ4n) is 2.94. The molecule has 120 valence electrons. The van der Waals surface area contributed by atoms with E-state index in [1.54, 1.807) is 0 Å². The Bertz CT molecular complexity index is 385. The third-order valence-corrected chi connectivity index (χ3v) is 4.74. The van der Waals surface area contributed by atoms with Gasteiger partial charge in [-0.15, -0.1) is 24.0 Å². The fraction of sp³-hybridized carbons (Fsp3) is 0.867. The van der Waals surface area contributed by atoms with Gasteiger partial charge in [0.2, 0.25) is 5.91 Å². The number of piperidine rings is 1. The summed E-state index contributed by atoms with van der Waals surface area (Å²) >= 11 is 0. The molecule has 0 unspecified atom stereocenters. The fourth-order valence-corrected chi connectivity index (χ4v) is 2.94. The quantitative estimate of drug-likeness (QED) is 0.427. The van der Waals surface area contributed by atoms with E-state index in [0.717, 1.165) is 44.7 Å². The highest BCUT2D eigenvalue weighted by Gasteiger charge is 2.35. The maximum absolute atomic E-state index is 12.0. The molecular weight excluding hydrogens is 379 g/mol. The molecule has 2 saturated carbocycles. The van der Waals surface area contributed by atoms with Crippen molar-refractivity contribution in [2.75, 3.05) is 20.1 Å².